The molecule has 0 bridgehead atoms. The van der Waals surface area contributed by atoms with E-state index in [1.54, 1.807) is 13.2 Å². The number of hydrogen-bond donors (Lipinski definition) is 2. The number of nitrogens with two attached hydrogens (primary N) is 1. The molecule has 7 heteroatoms. The van der Waals surface area contributed by atoms with E-state index in [1.807, 2.05) is 19.1 Å². The van der Waals surface area contributed by atoms with Gasteiger partial charge in [-0.3, -0.25) is 0 Å². The molecule has 0 saturated heterocycles. The lowest BCUT2D eigenvalue weighted by molar-refractivity contribution is 0.0264. The third-order valence-electron chi connectivity index (χ3n) is 6.23. The highest BCUT2D eigenvalue weighted by atomic mass is 16.5. The summed E-state index contributed by atoms with van der Waals surface area (Å²) in [4.78, 5) is 15.9. The Morgan fingerprint density at radius 2 is 2.04 bits per heavy atom. The molecule has 0 amide bonds. The van der Waals surface area contributed by atoms with Crippen molar-refractivity contribution in [1.29, 1.82) is 0 Å². The summed E-state index contributed by atoms with van der Waals surface area (Å²) >= 11 is 0. The van der Waals surface area contributed by atoms with Gasteiger partial charge < -0.3 is 20.5 Å². The number of nitrogen functional groups attached to an aromatic ring is 1. The van der Waals surface area contributed by atoms with Gasteiger partial charge in [-0.05, 0) is 43.4 Å². The molecule has 4 rings (SSSR count). The summed E-state index contributed by atoms with van der Waals surface area (Å²) in [6, 6.07) is 2.35. The maximum atomic E-state index is 10.3. The van der Waals surface area contributed by atoms with Crippen LogP contribution < -0.4 is 10.6 Å². The van der Waals surface area contributed by atoms with Gasteiger partial charge in [0, 0.05) is 31.5 Å². The predicted octanol–water partition coefficient (Wildman–Crippen LogP) is 3.34. The summed E-state index contributed by atoms with van der Waals surface area (Å²) in [7, 11) is 3.81. The van der Waals surface area contributed by atoms with Crippen LogP contribution in [0, 0.1) is 5.92 Å². The standard InChI is InChI=1S/C21H27N5O2/c1-11-5-6-16(27)12(2)18(11)20-19-15(21(22)24-10-23-19)9-17(25-20)26(3)13-7-14(8-13)28-4/h5-6,9-11,13-14,18,27H,7-8H2,1-4H3,(H2,22,23,24). The number of anilines is 2. The molecule has 2 unspecified atom stereocenters. The number of aliphatic hydroxyl groups excluding tert-OH is 1. The normalized spacial score (nSPS) is 27.1. The van der Waals surface area contributed by atoms with Crippen molar-refractivity contribution >= 4 is 22.5 Å². The van der Waals surface area contributed by atoms with E-state index in [1.165, 1.54) is 6.33 Å². The van der Waals surface area contributed by atoms with E-state index in [4.69, 9.17) is 15.5 Å². The molecule has 2 aliphatic carbocycles. The highest BCUT2D eigenvalue weighted by molar-refractivity contribution is 5.92. The summed E-state index contributed by atoms with van der Waals surface area (Å²) in [6.07, 6.45) is 7.51. The summed E-state index contributed by atoms with van der Waals surface area (Å²) in [6.45, 7) is 4.07. The van der Waals surface area contributed by atoms with Gasteiger partial charge in [-0.2, -0.15) is 0 Å². The molecule has 2 aromatic rings. The second-order valence-electron chi connectivity index (χ2n) is 7.88. The third-order valence-corrected chi connectivity index (χ3v) is 6.23. The van der Waals surface area contributed by atoms with Gasteiger partial charge in [0.25, 0.3) is 0 Å². The monoisotopic (exact) mass is 381 g/mol. The van der Waals surface area contributed by atoms with Crippen molar-refractivity contribution in [1.82, 2.24) is 15.0 Å². The number of allylic oxidation sites excluding steroid dienone is 3. The van der Waals surface area contributed by atoms with E-state index in [2.05, 4.69) is 28.8 Å². The Labute approximate surface area is 164 Å². The van der Waals surface area contributed by atoms with E-state index >= 15 is 0 Å². The topological polar surface area (TPSA) is 97.4 Å². The van der Waals surface area contributed by atoms with Crippen LogP contribution in [0.2, 0.25) is 0 Å². The molecule has 3 N–H and O–H groups in total. The van der Waals surface area contributed by atoms with Gasteiger partial charge in [0.15, 0.2) is 0 Å². The molecule has 2 aromatic heterocycles. The average Bonchev–Trinajstić information content (AvgIpc) is 2.64. The van der Waals surface area contributed by atoms with Gasteiger partial charge in [-0.25, -0.2) is 15.0 Å². The Morgan fingerprint density at radius 3 is 2.75 bits per heavy atom. The zero-order valence-corrected chi connectivity index (χ0v) is 16.8. The largest absolute Gasteiger partial charge is 0.508 e. The van der Waals surface area contributed by atoms with E-state index in [0.717, 1.165) is 40.8 Å². The van der Waals surface area contributed by atoms with Crippen molar-refractivity contribution in [2.24, 2.45) is 5.92 Å². The van der Waals surface area contributed by atoms with Gasteiger partial charge in [0.1, 0.15) is 23.7 Å². The first kappa shape index (κ1) is 18.7. The maximum Gasteiger partial charge on any atom is 0.134 e. The van der Waals surface area contributed by atoms with E-state index in [0.29, 0.717) is 23.7 Å². The van der Waals surface area contributed by atoms with Crippen LogP contribution in [-0.2, 0) is 4.74 Å². The van der Waals surface area contributed by atoms with Crippen LogP contribution >= 0.6 is 0 Å². The van der Waals surface area contributed by atoms with Crippen LogP contribution in [0.25, 0.3) is 10.9 Å². The Hall–Kier alpha value is -2.67. The lowest BCUT2D eigenvalue weighted by Crippen LogP contribution is -2.46. The van der Waals surface area contributed by atoms with Crippen molar-refractivity contribution in [3.8, 4) is 0 Å². The second-order valence-corrected chi connectivity index (χ2v) is 7.88. The van der Waals surface area contributed by atoms with Crippen LogP contribution in [0.3, 0.4) is 0 Å². The Balaban J connectivity index is 1.84. The minimum absolute atomic E-state index is 0.0664. The van der Waals surface area contributed by atoms with Crippen LogP contribution in [-0.4, -0.2) is 46.4 Å². The molecule has 28 heavy (non-hydrogen) atoms. The number of aromatic nitrogens is 3. The molecule has 2 heterocycles. The van der Waals surface area contributed by atoms with Crippen molar-refractivity contribution < 1.29 is 9.84 Å². The summed E-state index contributed by atoms with van der Waals surface area (Å²) < 4.78 is 5.42. The highest BCUT2D eigenvalue weighted by Gasteiger charge is 2.34. The lowest BCUT2D eigenvalue weighted by atomic mass is 9.80. The number of rotatable bonds is 4. The van der Waals surface area contributed by atoms with Crippen molar-refractivity contribution in [3.05, 3.63) is 41.6 Å². The van der Waals surface area contributed by atoms with Gasteiger partial charge in [-0.15, -0.1) is 0 Å². The molecule has 148 valence electrons. The molecule has 0 aliphatic heterocycles. The fourth-order valence-electron chi connectivity index (χ4n) is 4.22. The Kier molecular flexibility index (Phi) is 4.71. The van der Waals surface area contributed by atoms with Crippen LogP contribution in [0.1, 0.15) is 38.3 Å². The van der Waals surface area contributed by atoms with Gasteiger partial charge in [0.05, 0.1) is 17.3 Å². The number of fused-ring (bicyclic) bond motifs is 1. The lowest BCUT2D eigenvalue weighted by Gasteiger charge is -2.41. The number of nitrogens with zero attached hydrogens (tertiary/aromatic N) is 4. The summed E-state index contributed by atoms with van der Waals surface area (Å²) in [5.74, 6) is 1.70. The first-order valence-corrected chi connectivity index (χ1v) is 9.65. The van der Waals surface area contributed by atoms with Crippen LogP contribution in [0.4, 0.5) is 11.6 Å². The minimum atomic E-state index is -0.0664. The highest BCUT2D eigenvalue weighted by Crippen LogP contribution is 2.41. The van der Waals surface area contributed by atoms with Crippen molar-refractivity contribution in [3.63, 3.8) is 0 Å². The van der Waals surface area contributed by atoms with Crippen LogP contribution in [0.15, 0.2) is 35.9 Å². The molecule has 7 nitrogen and oxygen atoms in total. The molecule has 1 fully saturated rings. The molecular weight excluding hydrogens is 354 g/mol. The fourth-order valence-corrected chi connectivity index (χ4v) is 4.22. The number of pyridine rings is 1. The second kappa shape index (κ2) is 7.05. The Morgan fingerprint density at radius 1 is 1.29 bits per heavy atom. The first-order valence-electron chi connectivity index (χ1n) is 9.65. The number of methoxy groups -OCH3 is 1. The fraction of sp³-hybridized carbons (Fsp3) is 0.476. The molecule has 2 aliphatic rings. The SMILES string of the molecule is COC1CC(N(C)c2cc3c(N)ncnc3c(C3C(C)=C(O)C=CC3C)n2)C1. The van der Waals surface area contributed by atoms with Crippen molar-refractivity contribution in [2.75, 3.05) is 24.8 Å². The minimum Gasteiger partial charge on any atom is -0.508 e. The van der Waals surface area contributed by atoms with E-state index in [9.17, 15) is 5.11 Å². The van der Waals surface area contributed by atoms with Gasteiger partial charge >= 0.3 is 0 Å². The zero-order valence-electron chi connectivity index (χ0n) is 16.8. The quantitative estimate of drug-likeness (QED) is 0.838. The predicted molar refractivity (Wildman–Crippen MR) is 110 cm³/mol. The average molecular weight is 381 g/mol. The summed E-state index contributed by atoms with van der Waals surface area (Å²) in [5.41, 5.74) is 8.66. The zero-order chi connectivity index (χ0) is 20.0. The smallest absolute Gasteiger partial charge is 0.134 e. The molecule has 0 spiro atoms. The van der Waals surface area contributed by atoms with Gasteiger partial charge in [0.2, 0.25) is 0 Å². The molecular formula is C21H27N5O2. The number of aliphatic hydroxyl groups is 1. The molecule has 2 atom stereocenters. The third kappa shape index (κ3) is 2.99. The first-order chi connectivity index (χ1) is 13.4. The van der Waals surface area contributed by atoms with E-state index < -0.39 is 0 Å². The molecule has 0 radical (unpaired) electrons. The van der Waals surface area contributed by atoms with Crippen molar-refractivity contribution in [2.45, 2.75) is 44.8 Å². The maximum absolute atomic E-state index is 10.3. The number of hydrogen-bond acceptors (Lipinski definition) is 7. The number of ether oxygens (including phenoxy) is 1. The Bertz CT molecular complexity index is 965. The van der Waals surface area contributed by atoms with Crippen LogP contribution in [0.5, 0.6) is 0 Å². The van der Waals surface area contributed by atoms with E-state index in [-0.39, 0.29) is 11.8 Å². The van der Waals surface area contributed by atoms with Gasteiger partial charge in [-0.1, -0.05) is 13.0 Å². The molecule has 0 aromatic carbocycles. The molecule has 1 saturated carbocycles. The summed E-state index contributed by atoms with van der Waals surface area (Å²) in [5, 5.41) is 11.1.